The summed E-state index contributed by atoms with van der Waals surface area (Å²) in [6, 6.07) is 17.0. The third kappa shape index (κ3) is 2.69. The molecule has 0 aliphatic carbocycles. The van der Waals surface area contributed by atoms with Gasteiger partial charge in [-0.1, -0.05) is 18.2 Å². The smallest absolute Gasteiger partial charge is 0.153 e. The lowest BCUT2D eigenvalue weighted by molar-refractivity contribution is 0.251. The first kappa shape index (κ1) is 14.9. The highest BCUT2D eigenvalue weighted by atomic mass is 32.1. The van der Waals surface area contributed by atoms with E-state index in [9.17, 15) is 0 Å². The van der Waals surface area contributed by atoms with Gasteiger partial charge in [-0.3, -0.25) is 4.90 Å². The molecular formula is C20H20N4S. The van der Waals surface area contributed by atoms with E-state index in [2.05, 4.69) is 74.3 Å². The van der Waals surface area contributed by atoms with Crippen LogP contribution in [-0.2, 0) is 6.54 Å². The molecule has 126 valence electrons. The summed E-state index contributed by atoms with van der Waals surface area (Å²) in [6.07, 6.45) is 2.13. The van der Waals surface area contributed by atoms with Crippen molar-refractivity contribution in [3.05, 3.63) is 65.0 Å². The van der Waals surface area contributed by atoms with Crippen LogP contribution in [0.5, 0.6) is 0 Å². The molecule has 4 heterocycles. The van der Waals surface area contributed by atoms with E-state index in [0.717, 1.165) is 44.1 Å². The summed E-state index contributed by atoms with van der Waals surface area (Å²) >= 11 is 1.85. The van der Waals surface area contributed by atoms with Crippen molar-refractivity contribution in [1.29, 1.82) is 0 Å². The fourth-order valence-corrected chi connectivity index (χ4v) is 4.43. The first-order chi connectivity index (χ1) is 12.4. The molecule has 1 aliphatic heterocycles. The molecule has 4 aromatic rings. The van der Waals surface area contributed by atoms with Crippen LogP contribution < -0.4 is 4.90 Å². The van der Waals surface area contributed by atoms with Crippen molar-refractivity contribution in [3.63, 3.8) is 0 Å². The Labute approximate surface area is 150 Å². The summed E-state index contributed by atoms with van der Waals surface area (Å²) in [5.74, 6) is 1.11. The van der Waals surface area contributed by atoms with E-state index in [1.54, 1.807) is 0 Å². The molecule has 1 aromatic carbocycles. The second-order valence-corrected chi connectivity index (χ2v) is 7.56. The number of anilines is 1. The molecule has 5 rings (SSSR count). The van der Waals surface area contributed by atoms with E-state index >= 15 is 0 Å². The van der Waals surface area contributed by atoms with Crippen molar-refractivity contribution in [3.8, 4) is 0 Å². The maximum absolute atomic E-state index is 4.99. The number of hydrogen-bond acceptors (Lipinski definition) is 4. The predicted molar refractivity (Wildman–Crippen MR) is 105 cm³/mol. The van der Waals surface area contributed by atoms with Crippen molar-refractivity contribution < 1.29 is 0 Å². The molecule has 3 aromatic heterocycles. The fraction of sp³-hybridized carbons (Fsp3) is 0.250. The maximum atomic E-state index is 4.99. The summed E-state index contributed by atoms with van der Waals surface area (Å²) in [5, 5.41) is 2.16. The Hall–Kier alpha value is -2.37. The van der Waals surface area contributed by atoms with Crippen molar-refractivity contribution >= 4 is 33.7 Å². The third-order valence-corrected chi connectivity index (χ3v) is 5.84. The molecular weight excluding hydrogens is 328 g/mol. The van der Waals surface area contributed by atoms with Crippen LogP contribution in [0.15, 0.2) is 60.1 Å². The van der Waals surface area contributed by atoms with E-state index in [1.165, 1.54) is 15.9 Å². The Morgan fingerprint density at radius 2 is 1.72 bits per heavy atom. The van der Waals surface area contributed by atoms with Gasteiger partial charge in [-0.25, -0.2) is 4.98 Å². The van der Waals surface area contributed by atoms with Crippen molar-refractivity contribution in [2.75, 3.05) is 31.1 Å². The molecule has 0 N–H and O–H groups in total. The van der Waals surface area contributed by atoms with Gasteiger partial charge < -0.3 is 9.30 Å². The van der Waals surface area contributed by atoms with E-state index in [4.69, 9.17) is 4.98 Å². The van der Waals surface area contributed by atoms with Crippen LogP contribution >= 0.6 is 11.3 Å². The molecule has 1 fully saturated rings. The zero-order valence-electron chi connectivity index (χ0n) is 14.0. The number of fused-ring (bicyclic) bond motifs is 3. The normalized spacial score (nSPS) is 16.1. The molecule has 0 saturated carbocycles. The lowest BCUT2D eigenvalue weighted by Crippen LogP contribution is -2.46. The summed E-state index contributed by atoms with van der Waals surface area (Å²) in [4.78, 5) is 11.4. The Bertz CT molecular complexity index is 997. The minimum atomic E-state index is 1.03. The van der Waals surface area contributed by atoms with Gasteiger partial charge in [-0.2, -0.15) is 0 Å². The Kier molecular flexibility index (Phi) is 3.68. The molecule has 1 saturated heterocycles. The number of hydrogen-bond donors (Lipinski definition) is 0. The van der Waals surface area contributed by atoms with Crippen molar-refractivity contribution in [1.82, 2.24) is 14.3 Å². The zero-order valence-corrected chi connectivity index (χ0v) is 14.8. The fourth-order valence-electron chi connectivity index (χ4n) is 3.68. The largest absolute Gasteiger partial charge is 0.352 e. The number of rotatable bonds is 3. The van der Waals surface area contributed by atoms with Crippen molar-refractivity contribution in [2.45, 2.75) is 6.54 Å². The molecule has 0 radical (unpaired) electrons. The van der Waals surface area contributed by atoms with E-state index < -0.39 is 0 Å². The highest BCUT2D eigenvalue weighted by Gasteiger charge is 2.21. The third-order valence-electron chi connectivity index (χ3n) is 4.98. The van der Waals surface area contributed by atoms with Crippen LogP contribution in [0.3, 0.4) is 0 Å². The number of nitrogens with zero attached hydrogens (tertiary/aromatic N) is 4. The lowest BCUT2D eigenvalue weighted by Gasteiger charge is -2.35. The van der Waals surface area contributed by atoms with Crippen LogP contribution in [0, 0.1) is 0 Å². The van der Waals surface area contributed by atoms with Gasteiger partial charge >= 0.3 is 0 Å². The summed E-state index contributed by atoms with van der Waals surface area (Å²) < 4.78 is 2.26. The van der Waals surface area contributed by atoms with Crippen LogP contribution in [-0.4, -0.2) is 40.5 Å². The number of benzene rings is 1. The minimum absolute atomic E-state index is 1.03. The first-order valence-electron chi connectivity index (χ1n) is 8.74. The van der Waals surface area contributed by atoms with E-state index in [-0.39, 0.29) is 0 Å². The van der Waals surface area contributed by atoms with Crippen molar-refractivity contribution in [2.24, 2.45) is 0 Å². The summed E-state index contributed by atoms with van der Waals surface area (Å²) in [6.45, 7) is 5.28. The molecule has 0 unspecified atom stereocenters. The Morgan fingerprint density at radius 3 is 2.56 bits per heavy atom. The molecule has 0 spiro atoms. The number of thiophene rings is 1. The first-order valence-corrected chi connectivity index (χ1v) is 9.62. The van der Waals surface area contributed by atoms with Crippen LogP contribution in [0.1, 0.15) is 4.88 Å². The average molecular weight is 348 g/mol. The predicted octanol–water partition coefficient (Wildman–Crippen LogP) is 3.87. The minimum Gasteiger partial charge on any atom is -0.352 e. The van der Waals surface area contributed by atoms with Gasteiger partial charge in [0.1, 0.15) is 0 Å². The second kappa shape index (κ2) is 6.17. The molecule has 5 heteroatoms. The van der Waals surface area contributed by atoms with Gasteiger partial charge in [0.15, 0.2) is 5.82 Å². The molecule has 0 bridgehead atoms. The Morgan fingerprint density at radius 1 is 0.880 bits per heavy atom. The standard InChI is InChI=1S/C20H20N4S/c1-2-7-18-17(6-1)21-20(19-8-3-9-24(18)19)23-12-10-22(11-13-23)15-16-5-4-14-25-16/h1-9,14H,10-13,15H2. The molecule has 25 heavy (non-hydrogen) atoms. The van der Waals surface area contributed by atoms with Crippen LogP contribution in [0.25, 0.3) is 16.6 Å². The summed E-state index contributed by atoms with van der Waals surface area (Å²) in [7, 11) is 0. The monoisotopic (exact) mass is 348 g/mol. The highest BCUT2D eigenvalue weighted by Crippen LogP contribution is 2.26. The average Bonchev–Trinajstić information content (AvgIpc) is 3.34. The van der Waals surface area contributed by atoms with Gasteiger partial charge in [0, 0.05) is 43.8 Å². The molecule has 0 atom stereocenters. The lowest BCUT2D eigenvalue weighted by atomic mass is 10.2. The van der Waals surface area contributed by atoms with Gasteiger partial charge in [-0.15, -0.1) is 11.3 Å². The van der Waals surface area contributed by atoms with Gasteiger partial charge in [0.2, 0.25) is 0 Å². The topological polar surface area (TPSA) is 23.8 Å². The van der Waals surface area contributed by atoms with Gasteiger partial charge in [0.05, 0.1) is 16.6 Å². The second-order valence-electron chi connectivity index (χ2n) is 6.53. The number of para-hydroxylation sites is 2. The zero-order chi connectivity index (χ0) is 16.6. The highest BCUT2D eigenvalue weighted by molar-refractivity contribution is 7.09. The van der Waals surface area contributed by atoms with Gasteiger partial charge in [0.25, 0.3) is 0 Å². The van der Waals surface area contributed by atoms with E-state index in [0.29, 0.717) is 0 Å². The number of piperazine rings is 1. The SMILES string of the molecule is c1csc(CN2CCN(c3nc4ccccc4n4cccc34)CC2)c1. The number of aromatic nitrogens is 2. The van der Waals surface area contributed by atoms with Gasteiger partial charge in [-0.05, 0) is 35.7 Å². The van der Waals surface area contributed by atoms with Crippen LogP contribution in [0.4, 0.5) is 5.82 Å². The molecule has 0 amide bonds. The van der Waals surface area contributed by atoms with E-state index in [1.807, 2.05) is 11.3 Å². The summed E-state index contributed by atoms with van der Waals surface area (Å²) in [5.41, 5.74) is 3.43. The Balaban J connectivity index is 1.43. The molecule has 4 nitrogen and oxygen atoms in total. The quantitative estimate of drug-likeness (QED) is 0.561. The molecule has 1 aliphatic rings. The maximum Gasteiger partial charge on any atom is 0.153 e. The van der Waals surface area contributed by atoms with Crippen LogP contribution in [0.2, 0.25) is 0 Å².